The van der Waals surface area contributed by atoms with Crippen LogP contribution in [0.4, 0.5) is 0 Å². The highest BCUT2D eigenvalue weighted by Gasteiger charge is 2.67. The highest BCUT2D eigenvalue weighted by molar-refractivity contribution is 5.47. The Morgan fingerprint density at radius 3 is 2.22 bits per heavy atom. The van der Waals surface area contributed by atoms with Gasteiger partial charge in [0.25, 0.3) is 0 Å². The van der Waals surface area contributed by atoms with Crippen LogP contribution in [0.2, 0.25) is 0 Å². The van der Waals surface area contributed by atoms with Crippen LogP contribution in [0, 0.1) is 5.92 Å². The second kappa shape index (κ2) is 3.71. The summed E-state index contributed by atoms with van der Waals surface area (Å²) in [5.41, 5.74) is 3.59. The van der Waals surface area contributed by atoms with E-state index in [1.165, 1.54) is 19.3 Å². The van der Waals surface area contributed by atoms with Gasteiger partial charge in [0.1, 0.15) is 0 Å². The molecular weight excluding hydrogens is 216 g/mol. The average molecular weight is 234 g/mol. The number of hydrogen-bond donors (Lipinski definition) is 0. The third-order valence-corrected chi connectivity index (χ3v) is 5.09. The van der Waals surface area contributed by atoms with Crippen LogP contribution in [0.5, 0.6) is 0 Å². The Balaban J connectivity index is 1.77. The van der Waals surface area contributed by atoms with E-state index in [0.29, 0.717) is 5.41 Å². The molecule has 0 aliphatic heterocycles. The summed E-state index contributed by atoms with van der Waals surface area (Å²) in [6.07, 6.45) is 4.19. The zero-order valence-corrected chi connectivity index (χ0v) is 10.5. The zero-order valence-electron chi connectivity index (χ0n) is 10.5. The fourth-order valence-corrected chi connectivity index (χ4v) is 4.37. The van der Waals surface area contributed by atoms with Gasteiger partial charge in [0, 0.05) is 5.41 Å². The molecule has 2 aromatic rings. The molecule has 4 rings (SSSR count). The topological polar surface area (TPSA) is 0 Å². The summed E-state index contributed by atoms with van der Waals surface area (Å²) in [7, 11) is 0. The van der Waals surface area contributed by atoms with E-state index in [1.807, 2.05) is 0 Å². The fraction of sp³-hybridized carbons (Fsp3) is 0.333. The molecular formula is C18H18. The van der Waals surface area contributed by atoms with Crippen molar-refractivity contribution in [2.75, 3.05) is 0 Å². The van der Waals surface area contributed by atoms with Gasteiger partial charge in [-0.15, -0.1) is 0 Å². The summed E-state index contributed by atoms with van der Waals surface area (Å²) < 4.78 is 0. The molecule has 0 bridgehead atoms. The monoisotopic (exact) mass is 234 g/mol. The third kappa shape index (κ3) is 1.26. The summed E-state index contributed by atoms with van der Waals surface area (Å²) in [6, 6.07) is 22.3. The molecule has 90 valence electrons. The molecule has 0 nitrogen and oxygen atoms in total. The minimum absolute atomic E-state index is 0.475. The van der Waals surface area contributed by atoms with Gasteiger partial charge in [-0.3, -0.25) is 0 Å². The van der Waals surface area contributed by atoms with E-state index in [2.05, 4.69) is 60.7 Å². The normalized spacial score (nSPS) is 33.1. The van der Waals surface area contributed by atoms with Gasteiger partial charge in [0.2, 0.25) is 0 Å². The summed E-state index contributed by atoms with van der Waals surface area (Å²) in [5, 5.41) is 0. The van der Waals surface area contributed by atoms with Crippen molar-refractivity contribution in [3.8, 4) is 0 Å². The van der Waals surface area contributed by atoms with Crippen molar-refractivity contribution in [1.82, 2.24) is 0 Å². The summed E-state index contributed by atoms with van der Waals surface area (Å²) in [4.78, 5) is 0. The summed E-state index contributed by atoms with van der Waals surface area (Å²) >= 11 is 0. The van der Waals surface area contributed by atoms with Crippen molar-refractivity contribution in [2.24, 2.45) is 5.92 Å². The second-order valence-electron chi connectivity index (χ2n) is 5.79. The average Bonchev–Trinajstić information content (AvgIpc) is 2.90. The molecule has 3 atom stereocenters. The standard InChI is InChI=1S/C18H18/c1-3-8-14(9-4-1)17-16-12-7-13-18(16,17)15-10-5-2-6-11-15/h1-6,8-11,16-17H,7,12-13H2/t16-,17+,18+/m0/s1. The molecule has 0 aromatic heterocycles. The van der Waals surface area contributed by atoms with Crippen LogP contribution in [-0.4, -0.2) is 0 Å². The molecule has 18 heavy (non-hydrogen) atoms. The van der Waals surface area contributed by atoms with Gasteiger partial charge in [0.15, 0.2) is 0 Å². The Kier molecular flexibility index (Phi) is 2.14. The number of fused-ring (bicyclic) bond motifs is 1. The van der Waals surface area contributed by atoms with Gasteiger partial charge in [-0.1, -0.05) is 67.1 Å². The molecule has 0 spiro atoms. The maximum absolute atomic E-state index is 2.33. The highest BCUT2D eigenvalue weighted by atomic mass is 14.7. The zero-order chi connectivity index (χ0) is 12.0. The van der Waals surface area contributed by atoms with E-state index in [-0.39, 0.29) is 0 Å². The van der Waals surface area contributed by atoms with E-state index >= 15 is 0 Å². The maximum atomic E-state index is 2.33. The molecule has 2 aliphatic rings. The van der Waals surface area contributed by atoms with Crippen LogP contribution >= 0.6 is 0 Å². The number of benzene rings is 2. The van der Waals surface area contributed by atoms with Gasteiger partial charge in [-0.05, 0) is 35.8 Å². The predicted octanol–water partition coefficient (Wildman–Crippen LogP) is 4.52. The van der Waals surface area contributed by atoms with E-state index in [1.54, 1.807) is 11.1 Å². The maximum Gasteiger partial charge on any atom is 0.00589 e. The molecule has 0 unspecified atom stereocenters. The lowest BCUT2D eigenvalue weighted by molar-refractivity contribution is 0.622. The van der Waals surface area contributed by atoms with Crippen molar-refractivity contribution in [2.45, 2.75) is 30.6 Å². The first-order chi connectivity index (χ1) is 8.93. The first kappa shape index (κ1) is 10.4. The molecule has 2 aliphatic carbocycles. The Morgan fingerprint density at radius 1 is 0.833 bits per heavy atom. The number of hydrogen-bond acceptors (Lipinski definition) is 0. The summed E-state index contributed by atoms with van der Waals surface area (Å²) in [6.45, 7) is 0. The van der Waals surface area contributed by atoms with Crippen molar-refractivity contribution in [3.05, 3.63) is 71.8 Å². The molecule has 0 heterocycles. The third-order valence-electron chi connectivity index (χ3n) is 5.09. The lowest BCUT2D eigenvalue weighted by Crippen LogP contribution is -2.08. The Morgan fingerprint density at radius 2 is 1.50 bits per heavy atom. The molecule has 0 N–H and O–H groups in total. The van der Waals surface area contributed by atoms with Crippen molar-refractivity contribution in [3.63, 3.8) is 0 Å². The van der Waals surface area contributed by atoms with Crippen LogP contribution in [0.1, 0.15) is 36.3 Å². The van der Waals surface area contributed by atoms with Gasteiger partial charge in [-0.2, -0.15) is 0 Å². The fourth-order valence-electron chi connectivity index (χ4n) is 4.37. The molecule has 0 amide bonds. The van der Waals surface area contributed by atoms with Crippen molar-refractivity contribution >= 4 is 0 Å². The van der Waals surface area contributed by atoms with Crippen LogP contribution in [0.15, 0.2) is 60.7 Å². The van der Waals surface area contributed by atoms with E-state index in [0.717, 1.165) is 11.8 Å². The predicted molar refractivity (Wildman–Crippen MR) is 74.6 cm³/mol. The van der Waals surface area contributed by atoms with Crippen LogP contribution in [0.25, 0.3) is 0 Å². The van der Waals surface area contributed by atoms with E-state index in [4.69, 9.17) is 0 Å². The quantitative estimate of drug-likeness (QED) is 0.716. The molecule has 2 fully saturated rings. The number of rotatable bonds is 2. The SMILES string of the molecule is c1ccc([C@@H]2[C@@H]3CCC[C@]23c2ccccc2)cc1. The lowest BCUT2D eigenvalue weighted by atomic mass is 9.88. The van der Waals surface area contributed by atoms with E-state index < -0.39 is 0 Å². The molecule has 2 saturated carbocycles. The van der Waals surface area contributed by atoms with E-state index in [9.17, 15) is 0 Å². The minimum atomic E-state index is 0.475. The van der Waals surface area contributed by atoms with Gasteiger partial charge in [0.05, 0.1) is 0 Å². The second-order valence-corrected chi connectivity index (χ2v) is 5.79. The Hall–Kier alpha value is -1.56. The first-order valence-electron chi connectivity index (χ1n) is 7.03. The van der Waals surface area contributed by atoms with Gasteiger partial charge in [-0.25, -0.2) is 0 Å². The minimum Gasteiger partial charge on any atom is -0.0622 e. The largest absolute Gasteiger partial charge is 0.0622 e. The summed E-state index contributed by atoms with van der Waals surface area (Å²) in [5.74, 6) is 1.66. The van der Waals surface area contributed by atoms with Gasteiger partial charge < -0.3 is 0 Å². The smallest absolute Gasteiger partial charge is 0.00589 e. The van der Waals surface area contributed by atoms with Crippen molar-refractivity contribution < 1.29 is 0 Å². The van der Waals surface area contributed by atoms with Gasteiger partial charge >= 0.3 is 0 Å². The van der Waals surface area contributed by atoms with Crippen LogP contribution in [-0.2, 0) is 5.41 Å². The van der Waals surface area contributed by atoms with Crippen LogP contribution in [0.3, 0.4) is 0 Å². The van der Waals surface area contributed by atoms with Crippen LogP contribution < -0.4 is 0 Å². The molecule has 0 heteroatoms. The first-order valence-corrected chi connectivity index (χ1v) is 7.03. The molecule has 0 saturated heterocycles. The Bertz CT molecular complexity index is 543. The Labute approximate surface area is 109 Å². The van der Waals surface area contributed by atoms with Crippen molar-refractivity contribution in [1.29, 1.82) is 0 Å². The molecule has 0 radical (unpaired) electrons. The molecule has 2 aromatic carbocycles. The highest BCUT2D eigenvalue weighted by Crippen LogP contribution is 2.73. The lowest BCUT2D eigenvalue weighted by Gasteiger charge is -2.16.